The number of pyridine rings is 1. The molecule has 0 aromatic carbocycles. The van der Waals surface area contributed by atoms with Gasteiger partial charge in [-0.1, -0.05) is 11.6 Å². The molecule has 0 amide bonds. The summed E-state index contributed by atoms with van der Waals surface area (Å²) < 4.78 is 10.7. The third-order valence-electron chi connectivity index (χ3n) is 3.12. The summed E-state index contributed by atoms with van der Waals surface area (Å²) in [5.74, 6) is -0.417. The summed E-state index contributed by atoms with van der Waals surface area (Å²) in [5.41, 5.74) is 0.252. The fraction of sp³-hybridized carbons (Fsp3) is 0.538. The average Bonchev–Trinajstić information content (AvgIpc) is 2.39. The van der Waals surface area contributed by atoms with Crippen LogP contribution in [0, 0.1) is 0 Å². The molecule has 98 valence electrons. The summed E-state index contributed by atoms with van der Waals surface area (Å²) in [5, 5.41) is 0.482. The zero-order chi connectivity index (χ0) is 13.0. The summed E-state index contributed by atoms with van der Waals surface area (Å²) in [4.78, 5) is 15.8. The zero-order valence-corrected chi connectivity index (χ0v) is 11.0. The molecule has 1 aromatic heterocycles. The van der Waals surface area contributed by atoms with Gasteiger partial charge in [0, 0.05) is 24.8 Å². The number of hydrogen-bond acceptors (Lipinski definition) is 4. The largest absolute Gasteiger partial charge is 0.458 e. The van der Waals surface area contributed by atoms with Crippen molar-refractivity contribution < 1.29 is 14.3 Å². The van der Waals surface area contributed by atoms with E-state index in [0.717, 1.165) is 25.7 Å². The molecule has 1 aliphatic rings. The second kappa shape index (κ2) is 6.16. The summed E-state index contributed by atoms with van der Waals surface area (Å²) in [7, 11) is 1.69. The van der Waals surface area contributed by atoms with Crippen LogP contribution < -0.4 is 0 Å². The molecule has 1 saturated carbocycles. The zero-order valence-electron chi connectivity index (χ0n) is 10.3. The Morgan fingerprint density at radius 1 is 1.44 bits per heavy atom. The predicted octanol–water partition coefficient (Wildman–Crippen LogP) is 2.85. The van der Waals surface area contributed by atoms with Crippen LogP contribution in [0.25, 0.3) is 0 Å². The van der Waals surface area contributed by atoms with Gasteiger partial charge in [0.25, 0.3) is 0 Å². The minimum Gasteiger partial charge on any atom is -0.458 e. The third-order valence-corrected chi connectivity index (χ3v) is 3.35. The highest BCUT2D eigenvalue weighted by molar-refractivity contribution is 6.30. The SMILES string of the molecule is COC1CCCC(OC(=O)c2cc(Cl)ccn2)C1. The van der Waals surface area contributed by atoms with E-state index >= 15 is 0 Å². The Morgan fingerprint density at radius 3 is 2.94 bits per heavy atom. The Balaban J connectivity index is 1.95. The molecule has 0 radical (unpaired) electrons. The Kier molecular flexibility index (Phi) is 4.55. The standard InChI is InChI=1S/C13H16ClNO3/c1-17-10-3-2-4-11(8-10)18-13(16)12-7-9(14)5-6-15-12/h5-7,10-11H,2-4,8H2,1H3. The highest BCUT2D eigenvalue weighted by atomic mass is 35.5. The molecule has 1 aromatic rings. The van der Waals surface area contributed by atoms with Crippen LogP contribution in [0.1, 0.15) is 36.2 Å². The molecule has 0 aliphatic heterocycles. The van der Waals surface area contributed by atoms with Crippen molar-refractivity contribution in [2.24, 2.45) is 0 Å². The molecule has 0 spiro atoms. The van der Waals surface area contributed by atoms with E-state index in [4.69, 9.17) is 21.1 Å². The van der Waals surface area contributed by atoms with Gasteiger partial charge in [0.1, 0.15) is 11.8 Å². The van der Waals surface area contributed by atoms with Crippen LogP contribution >= 0.6 is 11.6 Å². The first-order valence-corrected chi connectivity index (χ1v) is 6.42. The normalized spacial score (nSPS) is 23.7. The van der Waals surface area contributed by atoms with Gasteiger partial charge in [-0.05, 0) is 31.4 Å². The molecule has 2 atom stereocenters. The number of ether oxygens (including phenoxy) is 2. The number of rotatable bonds is 3. The number of halogens is 1. The van der Waals surface area contributed by atoms with E-state index < -0.39 is 5.97 Å². The maximum atomic E-state index is 11.9. The fourth-order valence-corrected chi connectivity index (χ4v) is 2.31. The Morgan fingerprint density at radius 2 is 2.22 bits per heavy atom. The average molecular weight is 270 g/mol. The van der Waals surface area contributed by atoms with Gasteiger partial charge in [-0.3, -0.25) is 0 Å². The van der Waals surface area contributed by atoms with E-state index in [2.05, 4.69) is 4.98 Å². The number of esters is 1. The van der Waals surface area contributed by atoms with Crippen molar-refractivity contribution in [2.75, 3.05) is 7.11 Å². The van der Waals surface area contributed by atoms with Crippen LogP contribution in [-0.2, 0) is 9.47 Å². The van der Waals surface area contributed by atoms with E-state index in [-0.39, 0.29) is 17.9 Å². The summed E-state index contributed by atoms with van der Waals surface area (Å²) in [6, 6.07) is 3.14. The topological polar surface area (TPSA) is 48.4 Å². The van der Waals surface area contributed by atoms with Crippen LogP contribution in [-0.4, -0.2) is 30.3 Å². The molecule has 0 bridgehead atoms. The number of aromatic nitrogens is 1. The lowest BCUT2D eigenvalue weighted by molar-refractivity contribution is -0.0153. The van der Waals surface area contributed by atoms with Crippen LogP contribution in [0.15, 0.2) is 18.3 Å². The van der Waals surface area contributed by atoms with Crippen molar-refractivity contribution in [3.8, 4) is 0 Å². The smallest absolute Gasteiger partial charge is 0.357 e. The molecule has 18 heavy (non-hydrogen) atoms. The Labute approximate surface area is 111 Å². The van der Waals surface area contributed by atoms with Crippen molar-refractivity contribution in [3.05, 3.63) is 29.0 Å². The molecule has 2 unspecified atom stereocenters. The lowest BCUT2D eigenvalue weighted by Gasteiger charge is -2.27. The van der Waals surface area contributed by atoms with Gasteiger partial charge in [0.2, 0.25) is 0 Å². The van der Waals surface area contributed by atoms with E-state index in [1.165, 1.54) is 12.3 Å². The molecule has 4 nitrogen and oxygen atoms in total. The minimum atomic E-state index is -0.417. The molecule has 0 saturated heterocycles. The molecule has 1 aliphatic carbocycles. The number of carbonyl (C=O) groups excluding carboxylic acids is 1. The first-order chi connectivity index (χ1) is 8.69. The van der Waals surface area contributed by atoms with Crippen molar-refractivity contribution >= 4 is 17.6 Å². The molecule has 1 heterocycles. The van der Waals surface area contributed by atoms with Gasteiger partial charge in [-0.2, -0.15) is 0 Å². The van der Waals surface area contributed by atoms with Crippen LogP contribution in [0.5, 0.6) is 0 Å². The van der Waals surface area contributed by atoms with E-state index in [1.54, 1.807) is 13.2 Å². The molecule has 2 rings (SSSR count). The van der Waals surface area contributed by atoms with E-state index in [1.807, 2.05) is 0 Å². The van der Waals surface area contributed by atoms with Crippen LogP contribution in [0.2, 0.25) is 5.02 Å². The van der Waals surface area contributed by atoms with Crippen LogP contribution in [0.4, 0.5) is 0 Å². The first-order valence-electron chi connectivity index (χ1n) is 6.04. The van der Waals surface area contributed by atoms with E-state index in [0.29, 0.717) is 5.02 Å². The van der Waals surface area contributed by atoms with Gasteiger partial charge in [-0.15, -0.1) is 0 Å². The van der Waals surface area contributed by atoms with Crippen molar-refractivity contribution in [2.45, 2.75) is 37.9 Å². The third kappa shape index (κ3) is 3.43. The number of hydrogen-bond donors (Lipinski definition) is 0. The van der Waals surface area contributed by atoms with Gasteiger partial charge in [0.15, 0.2) is 0 Å². The highest BCUT2D eigenvalue weighted by Crippen LogP contribution is 2.24. The van der Waals surface area contributed by atoms with E-state index in [9.17, 15) is 4.79 Å². The van der Waals surface area contributed by atoms with Gasteiger partial charge in [-0.25, -0.2) is 9.78 Å². The number of nitrogens with zero attached hydrogens (tertiary/aromatic N) is 1. The second-order valence-corrected chi connectivity index (χ2v) is 4.85. The second-order valence-electron chi connectivity index (χ2n) is 4.41. The van der Waals surface area contributed by atoms with Gasteiger partial charge >= 0.3 is 5.97 Å². The Bertz CT molecular complexity index is 424. The lowest BCUT2D eigenvalue weighted by atomic mass is 9.95. The lowest BCUT2D eigenvalue weighted by Crippen LogP contribution is -2.29. The number of methoxy groups -OCH3 is 1. The monoisotopic (exact) mass is 269 g/mol. The predicted molar refractivity (Wildman–Crippen MR) is 67.7 cm³/mol. The van der Waals surface area contributed by atoms with Crippen molar-refractivity contribution in [1.29, 1.82) is 0 Å². The quantitative estimate of drug-likeness (QED) is 0.792. The van der Waals surface area contributed by atoms with Crippen molar-refractivity contribution in [3.63, 3.8) is 0 Å². The van der Waals surface area contributed by atoms with Crippen molar-refractivity contribution in [1.82, 2.24) is 4.98 Å². The molecular formula is C13H16ClNO3. The summed E-state index contributed by atoms with van der Waals surface area (Å²) in [6.07, 6.45) is 5.27. The van der Waals surface area contributed by atoms with Gasteiger partial charge < -0.3 is 9.47 Å². The Hall–Kier alpha value is -1.13. The molecule has 5 heteroatoms. The molecule has 1 fully saturated rings. The van der Waals surface area contributed by atoms with Crippen LogP contribution in [0.3, 0.4) is 0 Å². The number of carbonyl (C=O) groups is 1. The van der Waals surface area contributed by atoms with Gasteiger partial charge in [0.05, 0.1) is 6.10 Å². The highest BCUT2D eigenvalue weighted by Gasteiger charge is 2.25. The molecule has 0 N–H and O–H groups in total. The maximum absolute atomic E-state index is 11.9. The molecular weight excluding hydrogens is 254 g/mol. The minimum absolute atomic E-state index is 0.0861. The maximum Gasteiger partial charge on any atom is 0.357 e. The summed E-state index contributed by atoms with van der Waals surface area (Å²) in [6.45, 7) is 0. The first kappa shape index (κ1) is 13.3. The fourth-order valence-electron chi connectivity index (χ4n) is 2.15. The summed E-state index contributed by atoms with van der Waals surface area (Å²) >= 11 is 5.81.